The minimum atomic E-state index is 0.142. The smallest absolute Gasteiger partial charge is 0.144 e. The normalized spacial score (nSPS) is 12.1. The van der Waals surface area contributed by atoms with E-state index in [2.05, 4.69) is 36.3 Å². The van der Waals surface area contributed by atoms with Crippen molar-refractivity contribution >= 4 is 22.8 Å². The number of nitriles is 1. The Balaban J connectivity index is 2.31. The molecule has 0 aliphatic rings. The third-order valence-electron chi connectivity index (χ3n) is 2.84. The second kappa shape index (κ2) is 5.72. The predicted molar refractivity (Wildman–Crippen MR) is 78.9 cm³/mol. The Labute approximate surface area is 116 Å². The highest BCUT2D eigenvalue weighted by molar-refractivity contribution is 7.10. The minimum Gasteiger partial charge on any atom is -0.397 e. The SMILES string of the molecule is CC(C)C(Nc1ncc(N)cc1C#N)c1cccs1. The quantitative estimate of drug-likeness (QED) is 0.894. The van der Waals surface area contributed by atoms with Gasteiger partial charge in [-0.25, -0.2) is 4.98 Å². The number of anilines is 2. The standard InChI is InChI=1S/C14H16N4S/c1-9(2)13(12-4-3-5-19-12)18-14-10(7-15)6-11(16)8-17-14/h3-6,8-9,13H,16H2,1-2H3,(H,17,18). The van der Waals surface area contributed by atoms with Gasteiger partial charge in [-0.1, -0.05) is 19.9 Å². The van der Waals surface area contributed by atoms with E-state index in [0.29, 0.717) is 23.0 Å². The van der Waals surface area contributed by atoms with Crippen LogP contribution in [0.25, 0.3) is 0 Å². The van der Waals surface area contributed by atoms with Crippen LogP contribution in [0.15, 0.2) is 29.8 Å². The molecule has 0 fully saturated rings. The largest absolute Gasteiger partial charge is 0.397 e. The van der Waals surface area contributed by atoms with Gasteiger partial charge in [0.05, 0.1) is 23.5 Å². The minimum absolute atomic E-state index is 0.142. The van der Waals surface area contributed by atoms with E-state index in [1.54, 1.807) is 23.6 Å². The average molecular weight is 272 g/mol. The molecule has 2 aromatic heterocycles. The zero-order chi connectivity index (χ0) is 13.8. The van der Waals surface area contributed by atoms with Crippen LogP contribution in [0.1, 0.15) is 30.3 Å². The van der Waals surface area contributed by atoms with E-state index >= 15 is 0 Å². The molecule has 0 saturated carbocycles. The van der Waals surface area contributed by atoms with Gasteiger partial charge in [-0.05, 0) is 23.4 Å². The molecule has 0 radical (unpaired) electrons. The Bertz CT molecular complexity index is 584. The number of nitrogens with two attached hydrogens (primary N) is 1. The molecule has 0 amide bonds. The van der Waals surface area contributed by atoms with Crippen molar-refractivity contribution in [1.29, 1.82) is 5.26 Å². The van der Waals surface area contributed by atoms with Crippen molar-refractivity contribution in [3.8, 4) is 6.07 Å². The van der Waals surface area contributed by atoms with Gasteiger partial charge in [0.2, 0.25) is 0 Å². The molecule has 5 heteroatoms. The molecular weight excluding hydrogens is 256 g/mol. The van der Waals surface area contributed by atoms with Crippen molar-refractivity contribution in [2.75, 3.05) is 11.1 Å². The zero-order valence-electron chi connectivity index (χ0n) is 10.9. The lowest BCUT2D eigenvalue weighted by Gasteiger charge is -2.22. The number of nitrogen functional groups attached to an aromatic ring is 1. The topological polar surface area (TPSA) is 74.7 Å². The summed E-state index contributed by atoms with van der Waals surface area (Å²) in [5, 5.41) is 14.5. The average Bonchev–Trinajstić information content (AvgIpc) is 2.90. The molecule has 4 nitrogen and oxygen atoms in total. The lowest BCUT2D eigenvalue weighted by atomic mass is 10.0. The molecule has 3 N–H and O–H groups in total. The lowest BCUT2D eigenvalue weighted by Crippen LogP contribution is -2.17. The first kappa shape index (κ1) is 13.4. The second-order valence-electron chi connectivity index (χ2n) is 4.66. The van der Waals surface area contributed by atoms with E-state index in [4.69, 9.17) is 11.0 Å². The van der Waals surface area contributed by atoms with Crippen molar-refractivity contribution in [2.24, 2.45) is 5.92 Å². The maximum absolute atomic E-state index is 9.14. The number of nitrogens with zero attached hydrogens (tertiary/aromatic N) is 2. The van der Waals surface area contributed by atoms with Crippen molar-refractivity contribution in [1.82, 2.24) is 4.98 Å². The first-order valence-electron chi connectivity index (χ1n) is 6.07. The molecule has 1 atom stereocenters. The molecule has 98 valence electrons. The molecule has 0 spiro atoms. The first-order chi connectivity index (χ1) is 9.11. The van der Waals surface area contributed by atoms with Gasteiger partial charge in [0.25, 0.3) is 0 Å². The van der Waals surface area contributed by atoms with Gasteiger partial charge in [-0.2, -0.15) is 5.26 Å². The van der Waals surface area contributed by atoms with Crippen LogP contribution in [0.3, 0.4) is 0 Å². The summed E-state index contributed by atoms with van der Waals surface area (Å²) in [6, 6.07) is 8.02. The summed E-state index contributed by atoms with van der Waals surface area (Å²) in [5.74, 6) is 0.980. The number of pyridine rings is 1. The maximum atomic E-state index is 9.14. The molecule has 1 unspecified atom stereocenters. The molecule has 2 heterocycles. The van der Waals surface area contributed by atoms with E-state index in [0.717, 1.165) is 0 Å². The number of hydrogen-bond acceptors (Lipinski definition) is 5. The number of hydrogen-bond donors (Lipinski definition) is 2. The summed E-state index contributed by atoms with van der Waals surface area (Å²) in [7, 11) is 0. The van der Waals surface area contributed by atoms with Crippen LogP contribution < -0.4 is 11.1 Å². The van der Waals surface area contributed by atoms with Crippen LogP contribution in [0, 0.1) is 17.2 Å². The fourth-order valence-corrected chi connectivity index (χ4v) is 2.81. The van der Waals surface area contributed by atoms with Gasteiger partial charge < -0.3 is 11.1 Å². The van der Waals surface area contributed by atoms with Crippen LogP contribution in [0.5, 0.6) is 0 Å². The van der Waals surface area contributed by atoms with E-state index in [9.17, 15) is 0 Å². The summed E-state index contributed by atoms with van der Waals surface area (Å²) >= 11 is 1.70. The van der Waals surface area contributed by atoms with Crippen molar-refractivity contribution in [3.05, 3.63) is 40.2 Å². The Morgan fingerprint density at radius 3 is 2.84 bits per heavy atom. The summed E-state index contributed by atoms with van der Waals surface area (Å²) in [4.78, 5) is 5.46. The second-order valence-corrected chi connectivity index (χ2v) is 5.64. The maximum Gasteiger partial charge on any atom is 0.144 e. The summed E-state index contributed by atoms with van der Waals surface area (Å²) in [6.45, 7) is 4.28. The molecule has 0 aromatic carbocycles. The van der Waals surface area contributed by atoms with E-state index < -0.39 is 0 Å². The molecule has 2 rings (SSSR count). The highest BCUT2D eigenvalue weighted by Crippen LogP contribution is 2.30. The number of aromatic nitrogens is 1. The number of thiophene rings is 1. The Morgan fingerprint density at radius 2 is 2.26 bits per heavy atom. The summed E-state index contributed by atoms with van der Waals surface area (Å²) < 4.78 is 0. The van der Waals surface area contributed by atoms with Crippen LogP contribution in [0.4, 0.5) is 11.5 Å². The summed E-state index contributed by atoms with van der Waals surface area (Å²) in [5.41, 5.74) is 6.62. The Morgan fingerprint density at radius 1 is 1.47 bits per heavy atom. The van der Waals surface area contributed by atoms with Crippen LogP contribution in [-0.4, -0.2) is 4.98 Å². The highest BCUT2D eigenvalue weighted by atomic mass is 32.1. The van der Waals surface area contributed by atoms with Gasteiger partial charge in [0.15, 0.2) is 0 Å². The van der Waals surface area contributed by atoms with Crippen molar-refractivity contribution in [2.45, 2.75) is 19.9 Å². The highest BCUT2D eigenvalue weighted by Gasteiger charge is 2.18. The molecule has 19 heavy (non-hydrogen) atoms. The first-order valence-corrected chi connectivity index (χ1v) is 6.95. The molecule has 0 aliphatic carbocycles. The number of rotatable bonds is 4. The zero-order valence-corrected chi connectivity index (χ0v) is 11.7. The van der Waals surface area contributed by atoms with Gasteiger partial charge in [-0.3, -0.25) is 0 Å². The van der Waals surface area contributed by atoms with Gasteiger partial charge in [0, 0.05) is 4.88 Å². The molecule has 0 aliphatic heterocycles. The van der Waals surface area contributed by atoms with Crippen LogP contribution in [-0.2, 0) is 0 Å². The van der Waals surface area contributed by atoms with Crippen molar-refractivity contribution in [3.63, 3.8) is 0 Å². The van der Waals surface area contributed by atoms with E-state index in [-0.39, 0.29) is 6.04 Å². The predicted octanol–water partition coefficient (Wildman–Crippen LogP) is 3.41. The third kappa shape index (κ3) is 3.04. The number of nitrogens with one attached hydrogen (secondary N) is 1. The van der Waals surface area contributed by atoms with Gasteiger partial charge in [-0.15, -0.1) is 11.3 Å². The summed E-state index contributed by atoms with van der Waals surface area (Å²) in [6.07, 6.45) is 1.56. The van der Waals surface area contributed by atoms with E-state index in [1.807, 2.05) is 11.4 Å². The molecule has 0 saturated heterocycles. The molecule has 0 bridgehead atoms. The lowest BCUT2D eigenvalue weighted by molar-refractivity contribution is 0.552. The van der Waals surface area contributed by atoms with Crippen LogP contribution >= 0.6 is 11.3 Å². The van der Waals surface area contributed by atoms with Gasteiger partial charge >= 0.3 is 0 Å². The van der Waals surface area contributed by atoms with Crippen LogP contribution in [0.2, 0.25) is 0 Å². The van der Waals surface area contributed by atoms with Gasteiger partial charge in [0.1, 0.15) is 11.9 Å². The fraction of sp³-hybridized carbons (Fsp3) is 0.286. The van der Waals surface area contributed by atoms with E-state index in [1.165, 1.54) is 4.88 Å². The monoisotopic (exact) mass is 272 g/mol. The van der Waals surface area contributed by atoms with Crippen molar-refractivity contribution < 1.29 is 0 Å². The molecule has 2 aromatic rings. The fourth-order valence-electron chi connectivity index (χ4n) is 1.86. The Kier molecular flexibility index (Phi) is 4.03. The Hall–Kier alpha value is -2.06. The third-order valence-corrected chi connectivity index (χ3v) is 3.79. The molecular formula is C14H16N4S.